The predicted octanol–water partition coefficient (Wildman–Crippen LogP) is 8.82. The van der Waals surface area contributed by atoms with Gasteiger partial charge in [0.05, 0.1) is 11.6 Å². The maximum atomic E-state index is 2.71. The van der Waals surface area contributed by atoms with Crippen molar-refractivity contribution in [1.82, 2.24) is 4.90 Å². The van der Waals surface area contributed by atoms with Gasteiger partial charge in [-0.25, -0.2) is 0 Å². The normalized spacial score (nSPS) is 30.4. The van der Waals surface area contributed by atoms with Crippen molar-refractivity contribution in [2.45, 2.75) is 66.7 Å². The number of aryl methyl sites for hydroxylation is 1. The van der Waals surface area contributed by atoms with E-state index in [0.29, 0.717) is 11.3 Å². The Balaban J connectivity index is 1.22. The molecule has 0 spiro atoms. The summed E-state index contributed by atoms with van der Waals surface area (Å²) < 4.78 is 0. The Kier molecular flexibility index (Phi) is 5.78. The summed E-state index contributed by atoms with van der Waals surface area (Å²) in [5.41, 5.74) is 8.40. The molecule has 5 aliphatic rings. The van der Waals surface area contributed by atoms with Crippen molar-refractivity contribution >= 4 is 23.0 Å². The van der Waals surface area contributed by atoms with Gasteiger partial charge >= 0.3 is 0 Å². The number of thioether (sulfide) groups is 1. The highest BCUT2D eigenvalue weighted by atomic mass is 32.2. The summed E-state index contributed by atoms with van der Waals surface area (Å²) in [6.07, 6.45) is 32.3. The van der Waals surface area contributed by atoms with Gasteiger partial charge in [-0.3, -0.25) is 0 Å². The zero-order chi connectivity index (χ0) is 25.7. The zero-order valence-electron chi connectivity index (χ0n) is 22.3. The van der Waals surface area contributed by atoms with Gasteiger partial charge in [0.15, 0.2) is 0 Å². The second-order valence-corrected chi connectivity index (χ2v) is 12.8. The van der Waals surface area contributed by atoms with E-state index < -0.39 is 0 Å². The average Bonchev–Trinajstić information content (AvgIpc) is 3.26. The van der Waals surface area contributed by atoms with Crippen LogP contribution in [0.1, 0.15) is 55.4 Å². The van der Waals surface area contributed by atoms with Crippen LogP contribution in [0.15, 0.2) is 120 Å². The van der Waals surface area contributed by atoms with Gasteiger partial charge in [-0.15, -0.1) is 11.8 Å². The maximum absolute atomic E-state index is 2.71. The average molecular weight is 514 g/mol. The molecule has 190 valence electrons. The standard InChI is InChI=1S/C36H35NS/c1-35(37(29-13-4-3-5-14-29)32-16-10-12-27-11-6-7-15-30(27)32)23-20-26(21-24-35)28-18-19-33-31(25-28)36(2)22-9-8-17-34(36)38-33/h3-9,11,13,15-23,25,29,34H,10,12,14,24H2,1-2H3/t29-,34?,35?,36?/m0/s1. The highest BCUT2D eigenvalue weighted by molar-refractivity contribution is 8.00. The highest BCUT2D eigenvalue weighted by Crippen LogP contribution is 2.53. The number of allylic oxidation sites excluding steroid dienone is 8. The first-order valence-electron chi connectivity index (χ1n) is 14.0. The molecule has 38 heavy (non-hydrogen) atoms. The summed E-state index contributed by atoms with van der Waals surface area (Å²) in [5.74, 6) is 0. The molecule has 0 radical (unpaired) electrons. The lowest BCUT2D eigenvalue weighted by Crippen LogP contribution is -2.49. The third kappa shape index (κ3) is 3.84. The first-order chi connectivity index (χ1) is 18.6. The van der Waals surface area contributed by atoms with Crippen LogP contribution in [0.5, 0.6) is 0 Å². The fraction of sp³-hybridized carbons (Fsp3) is 0.278. The number of hydrogen-bond donors (Lipinski definition) is 0. The SMILES string of the molecule is CC12C=CC=CC1Sc1ccc(C3=CCC(C)(N(C4=CCCc5ccccc54)[C@H]4C=CC=CC4)C=C3)cc12. The highest BCUT2D eigenvalue weighted by Gasteiger charge is 2.42. The summed E-state index contributed by atoms with van der Waals surface area (Å²) in [4.78, 5) is 4.13. The number of hydrogen-bond acceptors (Lipinski definition) is 2. The molecule has 1 heterocycles. The lowest BCUT2D eigenvalue weighted by molar-refractivity contribution is 0.195. The minimum atomic E-state index is -0.0967. The first-order valence-corrected chi connectivity index (χ1v) is 14.9. The molecule has 0 aromatic heterocycles. The van der Waals surface area contributed by atoms with E-state index in [1.54, 1.807) is 0 Å². The molecule has 2 heteroatoms. The van der Waals surface area contributed by atoms with Crippen LogP contribution in [-0.2, 0) is 11.8 Å². The van der Waals surface area contributed by atoms with Gasteiger partial charge in [-0.2, -0.15) is 0 Å². The van der Waals surface area contributed by atoms with Crippen LogP contribution >= 0.6 is 11.8 Å². The number of nitrogens with zero attached hydrogens (tertiary/aromatic N) is 1. The smallest absolute Gasteiger partial charge is 0.0600 e. The van der Waals surface area contributed by atoms with Crippen molar-refractivity contribution in [3.8, 4) is 0 Å². The molecule has 4 atom stereocenters. The Bertz CT molecular complexity index is 1500. The van der Waals surface area contributed by atoms with Crippen molar-refractivity contribution < 1.29 is 0 Å². The van der Waals surface area contributed by atoms with E-state index in [1.807, 2.05) is 11.8 Å². The molecule has 1 aliphatic heterocycles. The van der Waals surface area contributed by atoms with E-state index in [0.717, 1.165) is 25.7 Å². The number of fused-ring (bicyclic) bond motifs is 4. The van der Waals surface area contributed by atoms with Crippen LogP contribution < -0.4 is 0 Å². The largest absolute Gasteiger partial charge is 0.355 e. The monoisotopic (exact) mass is 513 g/mol. The quantitative estimate of drug-likeness (QED) is 0.402. The molecule has 0 fully saturated rings. The van der Waals surface area contributed by atoms with Crippen LogP contribution in [0.3, 0.4) is 0 Å². The lowest BCUT2D eigenvalue weighted by atomic mass is 9.76. The summed E-state index contributed by atoms with van der Waals surface area (Å²) in [6.45, 7) is 4.81. The van der Waals surface area contributed by atoms with Crippen molar-refractivity contribution in [1.29, 1.82) is 0 Å². The number of rotatable bonds is 4. The van der Waals surface area contributed by atoms with Gasteiger partial charge in [-0.1, -0.05) is 110 Å². The van der Waals surface area contributed by atoms with Gasteiger partial charge in [0, 0.05) is 26.8 Å². The van der Waals surface area contributed by atoms with E-state index in [9.17, 15) is 0 Å². The maximum Gasteiger partial charge on any atom is 0.0600 e. The molecule has 3 unspecified atom stereocenters. The summed E-state index contributed by atoms with van der Waals surface area (Å²) in [7, 11) is 0. The molecule has 0 N–H and O–H groups in total. The van der Waals surface area contributed by atoms with Gasteiger partial charge in [0.1, 0.15) is 0 Å². The molecule has 0 saturated heterocycles. The van der Waals surface area contributed by atoms with E-state index in [4.69, 9.17) is 0 Å². The molecule has 0 amide bonds. The fourth-order valence-corrected chi connectivity index (χ4v) is 8.33. The molecular formula is C36H35NS. The van der Waals surface area contributed by atoms with Gasteiger partial charge < -0.3 is 4.90 Å². The lowest BCUT2D eigenvalue weighted by Gasteiger charge is -2.48. The fourth-order valence-electron chi connectivity index (χ4n) is 6.89. The summed E-state index contributed by atoms with van der Waals surface area (Å²) >= 11 is 2.00. The van der Waals surface area contributed by atoms with Crippen molar-refractivity contribution in [2.24, 2.45) is 0 Å². The van der Waals surface area contributed by atoms with Gasteiger partial charge in [0.25, 0.3) is 0 Å². The van der Waals surface area contributed by atoms with E-state index in [2.05, 4.69) is 134 Å². The minimum Gasteiger partial charge on any atom is -0.355 e. The van der Waals surface area contributed by atoms with E-state index >= 15 is 0 Å². The van der Waals surface area contributed by atoms with Crippen molar-refractivity contribution in [3.05, 3.63) is 138 Å². The second kappa shape index (κ2) is 9.20. The van der Waals surface area contributed by atoms with Crippen molar-refractivity contribution in [3.63, 3.8) is 0 Å². The number of benzene rings is 2. The zero-order valence-corrected chi connectivity index (χ0v) is 23.1. The van der Waals surface area contributed by atoms with E-state index in [1.165, 1.54) is 38.4 Å². The molecule has 1 nitrogen and oxygen atoms in total. The second-order valence-electron chi connectivity index (χ2n) is 11.6. The Morgan fingerprint density at radius 2 is 1.82 bits per heavy atom. The van der Waals surface area contributed by atoms with E-state index in [-0.39, 0.29) is 11.0 Å². The van der Waals surface area contributed by atoms with Gasteiger partial charge in [0.2, 0.25) is 0 Å². The minimum absolute atomic E-state index is 0.0801. The summed E-state index contributed by atoms with van der Waals surface area (Å²) in [5, 5.41) is 0.495. The van der Waals surface area contributed by atoms with Gasteiger partial charge in [-0.05, 0) is 67.0 Å². The van der Waals surface area contributed by atoms with Crippen LogP contribution in [-0.4, -0.2) is 21.7 Å². The Labute approximate surface area is 231 Å². The Hall–Kier alpha value is -3.23. The molecule has 2 aromatic rings. The molecule has 0 saturated carbocycles. The molecule has 2 aromatic carbocycles. The third-order valence-corrected chi connectivity index (χ3v) is 10.6. The summed E-state index contributed by atoms with van der Waals surface area (Å²) in [6, 6.07) is 16.5. The third-order valence-electron chi connectivity index (χ3n) is 9.08. The van der Waals surface area contributed by atoms with Crippen LogP contribution in [0.2, 0.25) is 0 Å². The Morgan fingerprint density at radius 3 is 2.66 bits per heavy atom. The van der Waals surface area contributed by atoms with Crippen LogP contribution in [0.4, 0.5) is 0 Å². The van der Waals surface area contributed by atoms with Crippen molar-refractivity contribution in [2.75, 3.05) is 0 Å². The molecular weight excluding hydrogens is 478 g/mol. The predicted molar refractivity (Wildman–Crippen MR) is 163 cm³/mol. The first kappa shape index (κ1) is 23.9. The molecule has 4 aliphatic carbocycles. The Morgan fingerprint density at radius 1 is 0.921 bits per heavy atom. The molecule has 7 rings (SSSR count). The topological polar surface area (TPSA) is 3.24 Å². The van der Waals surface area contributed by atoms with Crippen LogP contribution in [0.25, 0.3) is 11.3 Å². The molecule has 0 bridgehead atoms. The van der Waals surface area contributed by atoms with Crippen LogP contribution in [0, 0.1) is 0 Å².